The van der Waals surface area contributed by atoms with E-state index in [0.29, 0.717) is 17.7 Å². The van der Waals surface area contributed by atoms with Crippen LogP contribution < -0.4 is 0 Å². The number of rotatable bonds is 7. The lowest BCUT2D eigenvalue weighted by Crippen LogP contribution is -2.42. The van der Waals surface area contributed by atoms with E-state index in [1.54, 1.807) is 24.3 Å². The molecule has 0 aliphatic carbocycles. The van der Waals surface area contributed by atoms with Crippen molar-refractivity contribution < 1.29 is 19.4 Å². The highest BCUT2D eigenvalue weighted by Gasteiger charge is 2.37. The summed E-state index contributed by atoms with van der Waals surface area (Å²) in [6, 6.07) is 16.2. The maximum atomic E-state index is 12.4. The van der Waals surface area contributed by atoms with Crippen LogP contribution in [-0.2, 0) is 11.3 Å². The Labute approximate surface area is 146 Å². The number of ether oxygens (including phenoxy) is 1. The van der Waals surface area contributed by atoms with Crippen LogP contribution in [0.5, 0.6) is 0 Å². The summed E-state index contributed by atoms with van der Waals surface area (Å²) < 4.78 is 5.68. The Kier molecular flexibility index (Phi) is 5.07. The molecule has 0 unspecified atom stereocenters. The van der Waals surface area contributed by atoms with Crippen LogP contribution in [0.1, 0.15) is 26.3 Å². The largest absolute Gasteiger partial charge is 0.388 e. The van der Waals surface area contributed by atoms with Crippen LogP contribution in [0.25, 0.3) is 0 Å². The normalized spacial score (nSPS) is 15.8. The molecule has 0 spiro atoms. The zero-order valence-corrected chi connectivity index (χ0v) is 13.7. The van der Waals surface area contributed by atoms with Crippen molar-refractivity contribution in [3.63, 3.8) is 0 Å². The second kappa shape index (κ2) is 7.42. The SMILES string of the molecule is C=C[C@@H](OCc1ccccc1)[C@@H](O)CN1C(=O)c2ccccc2C1=O. The molecule has 5 heteroatoms. The smallest absolute Gasteiger partial charge is 0.261 e. The van der Waals surface area contributed by atoms with Crippen LogP contribution in [0.3, 0.4) is 0 Å². The quantitative estimate of drug-likeness (QED) is 0.622. The summed E-state index contributed by atoms with van der Waals surface area (Å²) in [6.45, 7) is 3.83. The van der Waals surface area contributed by atoms with E-state index < -0.39 is 24.0 Å². The van der Waals surface area contributed by atoms with E-state index in [9.17, 15) is 14.7 Å². The number of aliphatic hydroxyl groups is 1. The molecule has 3 rings (SSSR count). The fraction of sp³-hybridized carbons (Fsp3) is 0.200. The number of β-amino-alcohol motifs (C(OH)–C–C–N with tert-alkyl or cyclic N) is 1. The van der Waals surface area contributed by atoms with Crippen LogP contribution in [0.2, 0.25) is 0 Å². The van der Waals surface area contributed by atoms with Crippen LogP contribution in [0.4, 0.5) is 0 Å². The molecular weight excluding hydrogens is 318 g/mol. The number of carbonyl (C=O) groups excluding carboxylic acids is 2. The van der Waals surface area contributed by atoms with Gasteiger partial charge in [0, 0.05) is 0 Å². The highest BCUT2D eigenvalue weighted by molar-refractivity contribution is 6.21. The Hall–Kier alpha value is -2.76. The first kappa shape index (κ1) is 17.1. The van der Waals surface area contributed by atoms with Gasteiger partial charge in [0.25, 0.3) is 11.8 Å². The fourth-order valence-corrected chi connectivity index (χ4v) is 2.80. The monoisotopic (exact) mass is 337 g/mol. The third-order valence-corrected chi connectivity index (χ3v) is 4.14. The lowest BCUT2D eigenvalue weighted by atomic mass is 10.1. The molecule has 1 heterocycles. The molecular formula is C20H19NO4. The lowest BCUT2D eigenvalue weighted by molar-refractivity contribution is -0.0269. The van der Waals surface area contributed by atoms with Gasteiger partial charge in [0.05, 0.1) is 24.3 Å². The van der Waals surface area contributed by atoms with Gasteiger partial charge in [-0.15, -0.1) is 6.58 Å². The van der Waals surface area contributed by atoms with Gasteiger partial charge in [-0.2, -0.15) is 0 Å². The summed E-state index contributed by atoms with van der Waals surface area (Å²) in [5.74, 6) is -0.795. The van der Waals surface area contributed by atoms with E-state index in [2.05, 4.69) is 6.58 Å². The molecule has 5 nitrogen and oxygen atoms in total. The van der Waals surface area contributed by atoms with Crippen molar-refractivity contribution in [3.05, 3.63) is 83.9 Å². The molecule has 2 aromatic carbocycles. The van der Waals surface area contributed by atoms with Crippen molar-refractivity contribution in [2.75, 3.05) is 6.54 Å². The number of nitrogens with zero attached hydrogens (tertiary/aromatic N) is 1. The third-order valence-electron chi connectivity index (χ3n) is 4.14. The summed E-state index contributed by atoms with van der Waals surface area (Å²) in [6.07, 6.45) is -0.265. The second-order valence-electron chi connectivity index (χ2n) is 5.83. The van der Waals surface area contributed by atoms with E-state index in [4.69, 9.17) is 4.74 Å². The number of amides is 2. The molecule has 2 aromatic rings. The molecule has 0 radical (unpaired) electrons. The van der Waals surface area contributed by atoms with Crippen molar-refractivity contribution in [1.29, 1.82) is 0 Å². The Bertz CT molecular complexity index is 752. The molecule has 0 saturated heterocycles. The number of hydrogen-bond acceptors (Lipinski definition) is 4. The molecule has 1 aliphatic heterocycles. The summed E-state index contributed by atoms with van der Waals surface area (Å²) in [7, 11) is 0. The van der Waals surface area contributed by atoms with Gasteiger partial charge in [-0.1, -0.05) is 48.5 Å². The van der Waals surface area contributed by atoms with Crippen molar-refractivity contribution >= 4 is 11.8 Å². The van der Waals surface area contributed by atoms with Gasteiger partial charge in [-0.25, -0.2) is 0 Å². The van der Waals surface area contributed by atoms with Crippen molar-refractivity contribution in [1.82, 2.24) is 4.90 Å². The van der Waals surface area contributed by atoms with Crippen molar-refractivity contribution in [2.24, 2.45) is 0 Å². The fourth-order valence-electron chi connectivity index (χ4n) is 2.80. The zero-order chi connectivity index (χ0) is 17.8. The van der Waals surface area contributed by atoms with Crippen LogP contribution in [-0.4, -0.2) is 40.6 Å². The first-order chi connectivity index (χ1) is 12.1. The third kappa shape index (κ3) is 3.52. The van der Waals surface area contributed by atoms with Gasteiger partial charge in [0.2, 0.25) is 0 Å². The van der Waals surface area contributed by atoms with Gasteiger partial charge in [-0.3, -0.25) is 14.5 Å². The molecule has 25 heavy (non-hydrogen) atoms. The van der Waals surface area contributed by atoms with Gasteiger partial charge < -0.3 is 9.84 Å². The summed E-state index contributed by atoms with van der Waals surface area (Å²) in [5.41, 5.74) is 1.68. The molecule has 0 saturated carbocycles. The molecule has 128 valence electrons. The predicted octanol–water partition coefficient (Wildman–Crippen LogP) is 2.41. The highest BCUT2D eigenvalue weighted by atomic mass is 16.5. The van der Waals surface area contributed by atoms with Gasteiger partial charge >= 0.3 is 0 Å². The molecule has 0 aromatic heterocycles. The zero-order valence-electron chi connectivity index (χ0n) is 13.7. The van der Waals surface area contributed by atoms with E-state index in [1.165, 1.54) is 6.08 Å². The van der Waals surface area contributed by atoms with Gasteiger partial charge in [-0.05, 0) is 17.7 Å². The average Bonchev–Trinajstić information content (AvgIpc) is 2.88. The number of imide groups is 1. The number of aliphatic hydroxyl groups excluding tert-OH is 1. The van der Waals surface area contributed by atoms with E-state index >= 15 is 0 Å². The predicted molar refractivity (Wildman–Crippen MR) is 93.0 cm³/mol. The molecule has 0 fully saturated rings. The van der Waals surface area contributed by atoms with E-state index in [1.807, 2.05) is 30.3 Å². The summed E-state index contributed by atoms with van der Waals surface area (Å²) in [4.78, 5) is 25.8. The molecule has 2 atom stereocenters. The Morgan fingerprint density at radius 3 is 2.12 bits per heavy atom. The first-order valence-electron chi connectivity index (χ1n) is 8.03. The number of hydrogen-bond donors (Lipinski definition) is 1. The molecule has 1 N–H and O–H groups in total. The van der Waals surface area contributed by atoms with E-state index in [-0.39, 0.29) is 6.54 Å². The molecule has 1 aliphatic rings. The number of fused-ring (bicyclic) bond motifs is 1. The lowest BCUT2D eigenvalue weighted by Gasteiger charge is -2.24. The van der Waals surface area contributed by atoms with Gasteiger partial charge in [0.15, 0.2) is 0 Å². The first-order valence-corrected chi connectivity index (χ1v) is 8.03. The number of carbonyl (C=O) groups is 2. The number of benzene rings is 2. The second-order valence-corrected chi connectivity index (χ2v) is 5.83. The van der Waals surface area contributed by atoms with Crippen molar-refractivity contribution in [2.45, 2.75) is 18.8 Å². The highest BCUT2D eigenvalue weighted by Crippen LogP contribution is 2.23. The Morgan fingerprint density at radius 2 is 1.56 bits per heavy atom. The molecule has 0 bridgehead atoms. The van der Waals surface area contributed by atoms with E-state index in [0.717, 1.165) is 10.5 Å². The Morgan fingerprint density at radius 1 is 1.00 bits per heavy atom. The van der Waals surface area contributed by atoms with Gasteiger partial charge in [0.1, 0.15) is 12.2 Å². The minimum absolute atomic E-state index is 0.141. The standard InChI is InChI=1S/C20H19NO4/c1-2-18(25-13-14-8-4-3-5-9-14)17(22)12-21-19(23)15-10-6-7-11-16(15)20(21)24/h2-11,17-18,22H,1,12-13H2/t17-,18+/m0/s1. The average molecular weight is 337 g/mol. The minimum Gasteiger partial charge on any atom is -0.388 e. The topological polar surface area (TPSA) is 66.8 Å². The summed E-state index contributed by atoms with van der Waals surface area (Å²) in [5, 5.41) is 10.4. The summed E-state index contributed by atoms with van der Waals surface area (Å²) >= 11 is 0. The van der Waals surface area contributed by atoms with Crippen LogP contribution >= 0.6 is 0 Å². The maximum Gasteiger partial charge on any atom is 0.261 e. The van der Waals surface area contributed by atoms with Crippen LogP contribution in [0.15, 0.2) is 67.3 Å². The van der Waals surface area contributed by atoms with Crippen molar-refractivity contribution in [3.8, 4) is 0 Å². The molecule has 2 amide bonds. The maximum absolute atomic E-state index is 12.4. The Balaban J connectivity index is 1.64. The van der Waals surface area contributed by atoms with Crippen LogP contribution in [0, 0.1) is 0 Å². The minimum atomic E-state index is -1.05.